The largest absolute Gasteiger partial charge is 0.505 e. The molecule has 0 amide bonds. The lowest BCUT2D eigenvalue weighted by Gasteiger charge is -2.06. The Morgan fingerprint density at radius 2 is 2.08 bits per heavy atom. The van der Waals surface area contributed by atoms with Gasteiger partial charge in [-0.05, 0) is 18.6 Å². The first kappa shape index (κ1) is 9.33. The molecular weight excluding hydrogens is 173 g/mol. The summed E-state index contributed by atoms with van der Waals surface area (Å²) in [6.45, 7) is 1.50. The molecule has 0 saturated carbocycles. The lowest BCUT2D eigenvalue weighted by molar-refractivity contribution is 0.384. The first-order chi connectivity index (χ1) is 6.07. The topological polar surface area (TPSA) is 64.2 Å². The van der Waals surface area contributed by atoms with Crippen LogP contribution in [0.1, 0.15) is 11.1 Å². The van der Waals surface area contributed by atoms with E-state index < -0.39 is 17.3 Å². The number of hydrogen-bond acceptors (Lipinski definition) is 3. The molecule has 0 bridgehead atoms. The van der Waals surface area contributed by atoms with Crippen LogP contribution < -0.4 is 0 Å². The van der Waals surface area contributed by atoms with Gasteiger partial charge in [0, 0.05) is 5.56 Å². The van der Waals surface area contributed by atoms with Crippen molar-refractivity contribution in [1.82, 2.24) is 0 Å². The van der Waals surface area contributed by atoms with E-state index in [4.69, 9.17) is 15.5 Å². The highest BCUT2D eigenvalue weighted by atomic mass is 19.1. The van der Waals surface area contributed by atoms with Crippen molar-refractivity contribution in [3.63, 3.8) is 0 Å². The minimum atomic E-state index is -1.06. The van der Waals surface area contributed by atoms with Crippen molar-refractivity contribution in [3.8, 4) is 17.6 Å². The van der Waals surface area contributed by atoms with Crippen LogP contribution in [0.25, 0.3) is 0 Å². The van der Waals surface area contributed by atoms with Gasteiger partial charge in [-0.25, -0.2) is 0 Å². The first-order valence-electron chi connectivity index (χ1n) is 3.64. The van der Waals surface area contributed by atoms with Crippen LogP contribution in [0.3, 0.4) is 0 Å². The maximum Gasteiger partial charge on any atom is 0.206 e. The third-order valence-corrected chi connectivity index (χ3v) is 1.75. The fourth-order valence-corrected chi connectivity index (χ4v) is 1.04. The molecule has 0 aliphatic carbocycles. The van der Waals surface area contributed by atoms with Crippen molar-refractivity contribution < 1.29 is 14.6 Å². The van der Waals surface area contributed by atoms with Gasteiger partial charge in [0.1, 0.15) is 0 Å². The molecule has 0 atom stereocenters. The summed E-state index contributed by atoms with van der Waals surface area (Å²) in [5.41, 5.74) is 0.496. The van der Waals surface area contributed by atoms with Crippen LogP contribution in [-0.4, -0.2) is 10.2 Å². The van der Waals surface area contributed by atoms with Crippen LogP contribution in [0, 0.1) is 24.1 Å². The zero-order valence-corrected chi connectivity index (χ0v) is 7.00. The molecule has 0 aliphatic heterocycles. The Morgan fingerprint density at radius 3 is 2.62 bits per heavy atom. The van der Waals surface area contributed by atoms with Crippen molar-refractivity contribution >= 4 is 0 Å². The highest BCUT2D eigenvalue weighted by molar-refractivity contribution is 5.47. The first-order valence-corrected chi connectivity index (χ1v) is 3.64. The van der Waals surface area contributed by atoms with Gasteiger partial charge in [-0.1, -0.05) is 0 Å². The summed E-state index contributed by atoms with van der Waals surface area (Å²) in [7, 11) is 0. The van der Waals surface area contributed by atoms with E-state index in [-0.39, 0.29) is 12.0 Å². The van der Waals surface area contributed by atoms with Gasteiger partial charge in [-0.15, -0.1) is 0 Å². The van der Waals surface area contributed by atoms with E-state index in [0.29, 0.717) is 5.56 Å². The standard InChI is InChI=1S/C9H8FNO2/c1-5-4-6(2-3-11)9(13)7(10)8(5)12/h4,12-13H,2H2,1H3. The van der Waals surface area contributed by atoms with Crippen molar-refractivity contribution in [3.05, 3.63) is 23.0 Å². The SMILES string of the molecule is Cc1cc(CC#N)c(O)c(F)c1O. The number of rotatable bonds is 1. The number of halogens is 1. The van der Waals surface area contributed by atoms with Gasteiger partial charge >= 0.3 is 0 Å². The van der Waals surface area contributed by atoms with E-state index >= 15 is 0 Å². The third-order valence-electron chi connectivity index (χ3n) is 1.75. The highest BCUT2D eigenvalue weighted by Gasteiger charge is 2.14. The molecule has 0 aliphatic rings. The molecule has 0 aromatic heterocycles. The number of phenolic OH excluding ortho intramolecular Hbond substituents is 2. The zero-order chi connectivity index (χ0) is 10.0. The maximum absolute atomic E-state index is 13.0. The number of nitriles is 1. The van der Waals surface area contributed by atoms with E-state index in [1.165, 1.54) is 13.0 Å². The van der Waals surface area contributed by atoms with Gasteiger partial charge in [0.2, 0.25) is 5.82 Å². The molecule has 1 aromatic rings. The normalized spacial score (nSPS) is 9.62. The zero-order valence-electron chi connectivity index (χ0n) is 7.00. The van der Waals surface area contributed by atoms with Gasteiger partial charge < -0.3 is 10.2 Å². The number of hydrogen-bond donors (Lipinski definition) is 2. The fraction of sp³-hybridized carbons (Fsp3) is 0.222. The molecular formula is C9H8FNO2. The molecule has 2 N–H and O–H groups in total. The molecule has 13 heavy (non-hydrogen) atoms. The molecule has 1 rings (SSSR count). The number of aryl methyl sites for hydroxylation is 1. The second-order valence-electron chi connectivity index (χ2n) is 2.70. The summed E-state index contributed by atoms with van der Waals surface area (Å²) < 4.78 is 13.0. The average molecular weight is 181 g/mol. The predicted molar refractivity (Wildman–Crippen MR) is 43.8 cm³/mol. The van der Waals surface area contributed by atoms with Crippen molar-refractivity contribution in [2.45, 2.75) is 13.3 Å². The van der Waals surface area contributed by atoms with E-state index in [0.717, 1.165) is 0 Å². The Hall–Kier alpha value is -1.76. The summed E-state index contributed by atoms with van der Waals surface area (Å²) in [5, 5.41) is 26.6. The quantitative estimate of drug-likeness (QED) is 0.691. The Labute approximate surface area is 74.7 Å². The van der Waals surface area contributed by atoms with Crippen molar-refractivity contribution in [1.29, 1.82) is 5.26 Å². The molecule has 0 saturated heterocycles. The van der Waals surface area contributed by atoms with Gasteiger partial charge in [0.05, 0.1) is 12.5 Å². The third kappa shape index (κ3) is 1.54. The fourth-order valence-electron chi connectivity index (χ4n) is 1.04. The minimum Gasteiger partial charge on any atom is -0.505 e. The van der Waals surface area contributed by atoms with E-state index in [2.05, 4.69) is 0 Å². The maximum atomic E-state index is 13.0. The van der Waals surface area contributed by atoms with E-state index in [1.807, 2.05) is 0 Å². The number of aromatic hydroxyl groups is 2. The molecule has 3 nitrogen and oxygen atoms in total. The van der Waals surface area contributed by atoms with E-state index in [1.54, 1.807) is 6.07 Å². The minimum absolute atomic E-state index is 0.0795. The summed E-state index contributed by atoms with van der Waals surface area (Å²) in [5.74, 6) is -2.28. The van der Waals surface area contributed by atoms with Crippen LogP contribution in [0.5, 0.6) is 11.5 Å². The monoisotopic (exact) mass is 181 g/mol. The van der Waals surface area contributed by atoms with Crippen molar-refractivity contribution in [2.24, 2.45) is 0 Å². The van der Waals surface area contributed by atoms with Crippen LogP contribution >= 0.6 is 0 Å². The molecule has 0 radical (unpaired) electrons. The Balaban J connectivity index is 3.34. The lowest BCUT2D eigenvalue weighted by atomic mass is 10.1. The molecule has 0 spiro atoms. The molecule has 0 unspecified atom stereocenters. The molecule has 1 aromatic carbocycles. The summed E-state index contributed by atoms with van der Waals surface area (Å²) in [6, 6.07) is 3.18. The van der Waals surface area contributed by atoms with Gasteiger partial charge in [-0.3, -0.25) is 0 Å². The number of phenols is 2. The highest BCUT2D eigenvalue weighted by Crippen LogP contribution is 2.31. The number of benzene rings is 1. The predicted octanol–water partition coefficient (Wildman–Crippen LogP) is 1.61. The Kier molecular flexibility index (Phi) is 2.38. The smallest absolute Gasteiger partial charge is 0.206 e. The van der Waals surface area contributed by atoms with Crippen molar-refractivity contribution in [2.75, 3.05) is 0 Å². The van der Waals surface area contributed by atoms with Gasteiger partial charge in [-0.2, -0.15) is 9.65 Å². The molecule has 4 heteroatoms. The van der Waals surface area contributed by atoms with E-state index in [9.17, 15) is 4.39 Å². The molecule has 68 valence electrons. The summed E-state index contributed by atoms with van der Waals surface area (Å²) in [4.78, 5) is 0. The van der Waals surface area contributed by atoms with Crippen LogP contribution in [0.2, 0.25) is 0 Å². The molecule has 0 heterocycles. The van der Waals surface area contributed by atoms with Crippen LogP contribution in [-0.2, 0) is 6.42 Å². The van der Waals surface area contributed by atoms with Crippen LogP contribution in [0.15, 0.2) is 6.07 Å². The van der Waals surface area contributed by atoms with Gasteiger partial charge in [0.15, 0.2) is 11.5 Å². The number of nitrogens with zero attached hydrogens (tertiary/aromatic N) is 1. The Morgan fingerprint density at radius 1 is 1.46 bits per heavy atom. The second-order valence-corrected chi connectivity index (χ2v) is 2.70. The summed E-state index contributed by atoms with van der Waals surface area (Å²) >= 11 is 0. The van der Waals surface area contributed by atoms with Gasteiger partial charge in [0.25, 0.3) is 0 Å². The lowest BCUT2D eigenvalue weighted by Crippen LogP contribution is -1.90. The summed E-state index contributed by atoms with van der Waals surface area (Å²) in [6.07, 6.45) is -0.0795. The second kappa shape index (κ2) is 3.31. The molecule has 0 fully saturated rings. The Bertz CT molecular complexity index is 382. The van der Waals surface area contributed by atoms with Crippen LogP contribution in [0.4, 0.5) is 4.39 Å². The average Bonchev–Trinajstić information content (AvgIpc) is 2.11.